The second-order valence-electron chi connectivity index (χ2n) is 6.55. The van der Waals surface area contributed by atoms with E-state index in [0.717, 1.165) is 28.3 Å². The SMILES string of the molecule is COc1ccc(-c2cc3n(n2)C(NCc2cccc(OC)c2)CNC3=O)cc1. The Kier molecular flexibility index (Phi) is 4.99. The monoisotopic (exact) mass is 378 g/mol. The van der Waals surface area contributed by atoms with Gasteiger partial charge in [0.15, 0.2) is 0 Å². The first-order chi connectivity index (χ1) is 13.7. The molecule has 0 saturated heterocycles. The molecular formula is C21H22N4O3. The molecule has 2 aromatic carbocycles. The molecule has 7 heteroatoms. The lowest BCUT2D eigenvalue weighted by molar-refractivity contribution is 0.0900. The zero-order chi connectivity index (χ0) is 19.5. The van der Waals surface area contributed by atoms with E-state index in [1.165, 1.54) is 0 Å². The number of ether oxygens (including phenoxy) is 2. The molecule has 7 nitrogen and oxygen atoms in total. The van der Waals surface area contributed by atoms with Crippen molar-refractivity contribution in [1.29, 1.82) is 0 Å². The molecule has 0 spiro atoms. The number of benzene rings is 2. The Hall–Kier alpha value is -3.32. The summed E-state index contributed by atoms with van der Waals surface area (Å²) in [5.41, 5.74) is 3.32. The van der Waals surface area contributed by atoms with Gasteiger partial charge in [-0.1, -0.05) is 12.1 Å². The number of nitrogens with one attached hydrogen (secondary N) is 2. The lowest BCUT2D eigenvalue weighted by Gasteiger charge is -2.25. The van der Waals surface area contributed by atoms with Gasteiger partial charge in [-0.25, -0.2) is 4.68 Å². The molecule has 0 fully saturated rings. The molecule has 1 amide bonds. The third-order valence-corrected chi connectivity index (χ3v) is 4.78. The third-order valence-electron chi connectivity index (χ3n) is 4.78. The number of nitrogens with zero attached hydrogens (tertiary/aromatic N) is 2. The van der Waals surface area contributed by atoms with Gasteiger partial charge in [-0.15, -0.1) is 0 Å². The van der Waals surface area contributed by atoms with E-state index in [2.05, 4.69) is 15.7 Å². The average molecular weight is 378 g/mol. The van der Waals surface area contributed by atoms with E-state index in [1.807, 2.05) is 54.6 Å². The van der Waals surface area contributed by atoms with E-state index in [9.17, 15) is 4.79 Å². The number of methoxy groups -OCH3 is 2. The molecule has 0 bridgehead atoms. The first-order valence-corrected chi connectivity index (χ1v) is 9.06. The Morgan fingerprint density at radius 3 is 2.64 bits per heavy atom. The van der Waals surface area contributed by atoms with Crippen molar-refractivity contribution in [3.05, 3.63) is 65.9 Å². The van der Waals surface area contributed by atoms with Crippen molar-refractivity contribution >= 4 is 5.91 Å². The van der Waals surface area contributed by atoms with Gasteiger partial charge in [-0.3, -0.25) is 10.1 Å². The van der Waals surface area contributed by atoms with Crippen LogP contribution in [0.15, 0.2) is 54.6 Å². The summed E-state index contributed by atoms with van der Waals surface area (Å²) in [4.78, 5) is 12.3. The standard InChI is InChI=1S/C21H22N4O3/c1-27-16-8-6-15(7-9-16)18-11-19-21(26)23-13-20(25(19)24-18)22-12-14-4-3-5-17(10-14)28-2/h3-11,20,22H,12-13H2,1-2H3,(H,23,26). The maximum Gasteiger partial charge on any atom is 0.269 e. The molecule has 28 heavy (non-hydrogen) atoms. The lowest BCUT2D eigenvalue weighted by Crippen LogP contribution is -2.45. The van der Waals surface area contributed by atoms with Crippen LogP contribution in [0.2, 0.25) is 0 Å². The van der Waals surface area contributed by atoms with Crippen molar-refractivity contribution in [2.45, 2.75) is 12.7 Å². The van der Waals surface area contributed by atoms with Gasteiger partial charge in [0.25, 0.3) is 5.91 Å². The average Bonchev–Trinajstić information content (AvgIpc) is 3.20. The summed E-state index contributed by atoms with van der Waals surface area (Å²) < 4.78 is 12.2. The number of carbonyl (C=O) groups is 1. The van der Waals surface area contributed by atoms with Crippen molar-refractivity contribution in [2.75, 3.05) is 20.8 Å². The van der Waals surface area contributed by atoms with Crippen molar-refractivity contribution < 1.29 is 14.3 Å². The number of hydrogen-bond donors (Lipinski definition) is 2. The third kappa shape index (κ3) is 3.57. The minimum atomic E-state index is -0.133. The van der Waals surface area contributed by atoms with Gasteiger partial charge in [-0.05, 0) is 48.0 Å². The summed E-state index contributed by atoms with van der Waals surface area (Å²) in [6, 6.07) is 17.3. The fourth-order valence-corrected chi connectivity index (χ4v) is 3.25. The number of fused-ring (bicyclic) bond motifs is 1. The molecule has 0 radical (unpaired) electrons. The maximum atomic E-state index is 12.3. The Morgan fingerprint density at radius 2 is 1.89 bits per heavy atom. The van der Waals surface area contributed by atoms with Crippen LogP contribution < -0.4 is 20.1 Å². The summed E-state index contributed by atoms with van der Waals surface area (Å²) in [6.07, 6.45) is -0.133. The highest BCUT2D eigenvalue weighted by molar-refractivity contribution is 5.94. The predicted molar refractivity (Wildman–Crippen MR) is 105 cm³/mol. The van der Waals surface area contributed by atoms with E-state index < -0.39 is 0 Å². The fraction of sp³-hybridized carbons (Fsp3) is 0.238. The first kappa shape index (κ1) is 18.1. The van der Waals surface area contributed by atoms with Crippen molar-refractivity contribution in [3.8, 4) is 22.8 Å². The first-order valence-electron chi connectivity index (χ1n) is 9.06. The van der Waals surface area contributed by atoms with Crippen molar-refractivity contribution in [3.63, 3.8) is 0 Å². The van der Waals surface area contributed by atoms with Crippen LogP contribution in [-0.4, -0.2) is 36.5 Å². The maximum absolute atomic E-state index is 12.3. The van der Waals surface area contributed by atoms with Gasteiger partial charge in [0.05, 0.1) is 26.5 Å². The second-order valence-corrected chi connectivity index (χ2v) is 6.55. The molecule has 1 unspecified atom stereocenters. The summed E-state index contributed by atoms with van der Waals surface area (Å²) >= 11 is 0. The second kappa shape index (κ2) is 7.74. The van der Waals surface area contributed by atoms with E-state index in [1.54, 1.807) is 18.9 Å². The Balaban J connectivity index is 1.56. The van der Waals surface area contributed by atoms with Crippen LogP contribution in [0, 0.1) is 0 Å². The van der Waals surface area contributed by atoms with E-state index in [4.69, 9.17) is 9.47 Å². The summed E-state index contributed by atoms with van der Waals surface area (Å²) in [7, 11) is 3.28. The van der Waals surface area contributed by atoms with Crippen molar-refractivity contribution in [1.82, 2.24) is 20.4 Å². The molecule has 1 atom stereocenters. The molecule has 1 aliphatic heterocycles. The predicted octanol–water partition coefficient (Wildman–Crippen LogP) is 2.60. The quantitative estimate of drug-likeness (QED) is 0.689. The molecule has 3 aromatic rings. The van der Waals surface area contributed by atoms with Crippen LogP contribution in [0.25, 0.3) is 11.3 Å². The molecule has 1 aromatic heterocycles. The van der Waals surface area contributed by atoms with Gasteiger partial charge in [0.1, 0.15) is 23.4 Å². The van der Waals surface area contributed by atoms with E-state index in [-0.39, 0.29) is 12.1 Å². The lowest BCUT2D eigenvalue weighted by atomic mass is 10.1. The normalized spacial score (nSPS) is 15.6. The zero-order valence-corrected chi connectivity index (χ0v) is 15.8. The highest BCUT2D eigenvalue weighted by atomic mass is 16.5. The zero-order valence-electron chi connectivity index (χ0n) is 15.8. The van der Waals surface area contributed by atoms with Crippen LogP contribution >= 0.6 is 0 Å². The summed E-state index contributed by atoms with van der Waals surface area (Å²) in [6.45, 7) is 1.11. The van der Waals surface area contributed by atoms with Gasteiger partial charge in [0.2, 0.25) is 0 Å². The molecule has 2 N–H and O–H groups in total. The molecular weight excluding hydrogens is 356 g/mol. The van der Waals surface area contributed by atoms with E-state index in [0.29, 0.717) is 18.8 Å². The fourth-order valence-electron chi connectivity index (χ4n) is 3.25. The molecule has 2 heterocycles. The highest BCUT2D eigenvalue weighted by Crippen LogP contribution is 2.25. The van der Waals surface area contributed by atoms with Crippen LogP contribution in [0.4, 0.5) is 0 Å². The minimum Gasteiger partial charge on any atom is -0.497 e. The largest absolute Gasteiger partial charge is 0.497 e. The summed E-state index contributed by atoms with van der Waals surface area (Å²) in [5, 5.41) is 11.1. The minimum absolute atomic E-state index is 0.119. The van der Waals surface area contributed by atoms with Crippen LogP contribution in [-0.2, 0) is 6.54 Å². The van der Waals surface area contributed by atoms with Crippen molar-refractivity contribution in [2.24, 2.45) is 0 Å². The van der Waals surface area contributed by atoms with Crippen LogP contribution in [0.5, 0.6) is 11.5 Å². The number of amides is 1. The molecule has 144 valence electrons. The highest BCUT2D eigenvalue weighted by Gasteiger charge is 2.27. The number of carbonyl (C=O) groups excluding carboxylic acids is 1. The topological polar surface area (TPSA) is 77.4 Å². The summed E-state index contributed by atoms with van der Waals surface area (Å²) in [5.74, 6) is 1.48. The van der Waals surface area contributed by atoms with Gasteiger partial charge >= 0.3 is 0 Å². The Morgan fingerprint density at radius 1 is 1.11 bits per heavy atom. The van der Waals surface area contributed by atoms with E-state index >= 15 is 0 Å². The molecule has 4 rings (SSSR count). The number of aromatic nitrogens is 2. The van der Waals surface area contributed by atoms with Crippen LogP contribution in [0.1, 0.15) is 22.2 Å². The smallest absolute Gasteiger partial charge is 0.269 e. The number of hydrogen-bond acceptors (Lipinski definition) is 5. The van der Waals surface area contributed by atoms with Crippen LogP contribution in [0.3, 0.4) is 0 Å². The van der Waals surface area contributed by atoms with Gasteiger partial charge in [0, 0.05) is 12.1 Å². The van der Waals surface area contributed by atoms with Gasteiger partial charge < -0.3 is 14.8 Å². The Labute approximate surface area is 163 Å². The molecule has 0 saturated carbocycles. The van der Waals surface area contributed by atoms with Gasteiger partial charge in [-0.2, -0.15) is 5.10 Å². The molecule has 1 aliphatic rings. The Bertz CT molecular complexity index is 982. The number of rotatable bonds is 6. The molecule has 0 aliphatic carbocycles.